The third kappa shape index (κ3) is 5.92. The second-order valence-electron chi connectivity index (χ2n) is 9.74. The first-order valence-electron chi connectivity index (χ1n) is 13.4. The fourth-order valence-electron chi connectivity index (χ4n) is 4.76. The molecule has 2 nitrogen and oxygen atoms in total. The number of hydrogen-bond donors (Lipinski definition) is 0. The highest BCUT2D eigenvalue weighted by Crippen LogP contribution is 2.33. The summed E-state index contributed by atoms with van der Waals surface area (Å²) in [4.78, 5) is 0. The first-order valence-corrected chi connectivity index (χ1v) is 13.4. The van der Waals surface area contributed by atoms with Crippen molar-refractivity contribution in [3.63, 3.8) is 0 Å². The summed E-state index contributed by atoms with van der Waals surface area (Å²) >= 11 is 0. The van der Waals surface area contributed by atoms with E-state index in [1.807, 2.05) is 72.8 Å². The second kappa shape index (κ2) is 11.7. The van der Waals surface area contributed by atoms with Crippen molar-refractivity contribution in [2.75, 3.05) is 0 Å². The maximum absolute atomic E-state index is 6.37. The zero-order valence-electron chi connectivity index (χ0n) is 22.3. The second-order valence-corrected chi connectivity index (χ2v) is 9.74. The molecule has 4 aromatic carbocycles. The van der Waals surface area contributed by atoms with Crippen molar-refractivity contribution in [3.8, 4) is 22.6 Å². The van der Waals surface area contributed by atoms with E-state index >= 15 is 0 Å². The molecule has 2 heterocycles. The Bertz CT molecular complexity index is 1610. The van der Waals surface area contributed by atoms with Crippen LogP contribution >= 0.6 is 0 Å². The quantitative estimate of drug-likeness (QED) is 0.209. The average Bonchev–Trinajstić information content (AvgIpc) is 3.02. The summed E-state index contributed by atoms with van der Waals surface area (Å²) in [6.07, 6.45) is 8.60. The largest absolute Gasteiger partial charge is 0.456 e. The average molecular weight is 518 g/mol. The third-order valence-corrected chi connectivity index (χ3v) is 6.65. The molecule has 5 aromatic rings. The monoisotopic (exact) mass is 517 g/mol. The molecule has 0 aliphatic carbocycles. The molecule has 0 spiro atoms. The summed E-state index contributed by atoms with van der Waals surface area (Å²) in [6, 6.07) is 45.1. The normalized spacial score (nSPS) is 13.2. The van der Waals surface area contributed by atoms with Crippen LogP contribution in [-0.4, -0.2) is 0 Å². The molecular weight excluding hydrogens is 488 g/mol. The molecule has 6 rings (SSSR count). The van der Waals surface area contributed by atoms with E-state index < -0.39 is 0 Å². The van der Waals surface area contributed by atoms with Crippen molar-refractivity contribution < 1.29 is 9.15 Å². The molecule has 0 atom stereocenters. The number of rotatable bonds is 6. The number of benzene rings is 4. The van der Waals surface area contributed by atoms with Gasteiger partial charge >= 0.3 is 11.5 Å². The molecule has 2 heteroatoms. The summed E-state index contributed by atoms with van der Waals surface area (Å²) < 4.78 is 12.7. The van der Waals surface area contributed by atoms with Gasteiger partial charge in [0.1, 0.15) is 11.5 Å². The van der Waals surface area contributed by atoms with Crippen molar-refractivity contribution >= 4 is 17.6 Å². The van der Waals surface area contributed by atoms with Gasteiger partial charge in [-0.05, 0) is 60.1 Å². The van der Waals surface area contributed by atoms with Crippen LogP contribution in [-0.2, 0) is 4.74 Å². The predicted octanol–water partition coefficient (Wildman–Crippen LogP) is 10.3. The first kappa shape index (κ1) is 25.1. The van der Waals surface area contributed by atoms with Gasteiger partial charge in [0.05, 0.1) is 23.3 Å². The minimum Gasteiger partial charge on any atom is -0.456 e. The molecule has 0 bridgehead atoms. The Balaban J connectivity index is 1.41. The summed E-state index contributed by atoms with van der Waals surface area (Å²) in [5, 5.41) is 0. The highest BCUT2D eigenvalue weighted by molar-refractivity contribution is 5.78. The Hall–Kier alpha value is -5.21. The SMILES string of the molecule is C/C(C=C1C=C(c2ccccc2)OC(c2ccccc2)=C1)=C\c1cc(-c2ccccc2)[o+]c(-c2ccccc2)c1. The van der Waals surface area contributed by atoms with E-state index in [9.17, 15) is 0 Å². The molecule has 40 heavy (non-hydrogen) atoms. The predicted molar refractivity (Wildman–Crippen MR) is 166 cm³/mol. The van der Waals surface area contributed by atoms with Gasteiger partial charge in [0, 0.05) is 11.1 Å². The zero-order chi connectivity index (χ0) is 27.1. The molecule has 0 unspecified atom stereocenters. The fourth-order valence-corrected chi connectivity index (χ4v) is 4.76. The lowest BCUT2D eigenvalue weighted by Crippen LogP contribution is -1.99. The zero-order valence-corrected chi connectivity index (χ0v) is 22.3. The van der Waals surface area contributed by atoms with Crippen LogP contribution in [0.25, 0.3) is 40.2 Å². The van der Waals surface area contributed by atoms with Crippen LogP contribution in [0.4, 0.5) is 0 Å². The Kier molecular flexibility index (Phi) is 7.32. The van der Waals surface area contributed by atoms with Crippen molar-refractivity contribution in [2.24, 2.45) is 0 Å². The number of allylic oxidation sites excluding steroid dienone is 5. The Labute approximate surface area is 235 Å². The molecule has 0 radical (unpaired) electrons. The summed E-state index contributed by atoms with van der Waals surface area (Å²) in [5.74, 6) is 3.32. The van der Waals surface area contributed by atoms with E-state index in [-0.39, 0.29) is 0 Å². The topological polar surface area (TPSA) is 20.5 Å². The molecule has 0 saturated heterocycles. The van der Waals surface area contributed by atoms with E-state index in [4.69, 9.17) is 9.15 Å². The lowest BCUT2D eigenvalue weighted by Gasteiger charge is -2.19. The Morgan fingerprint density at radius 3 is 1.38 bits per heavy atom. The Morgan fingerprint density at radius 2 is 0.950 bits per heavy atom. The minimum atomic E-state index is 0.831. The van der Waals surface area contributed by atoms with Gasteiger partial charge in [0.2, 0.25) is 0 Å². The molecule has 192 valence electrons. The lowest BCUT2D eigenvalue weighted by atomic mass is 10.0. The van der Waals surface area contributed by atoms with E-state index in [0.717, 1.165) is 62.0 Å². The fraction of sp³-hybridized carbons (Fsp3) is 0.0263. The minimum absolute atomic E-state index is 0.831. The first-order chi connectivity index (χ1) is 19.7. The molecule has 0 fully saturated rings. The summed E-state index contributed by atoms with van der Waals surface area (Å²) in [6.45, 7) is 2.13. The van der Waals surface area contributed by atoms with E-state index in [0.29, 0.717) is 0 Å². The number of hydrogen-bond acceptors (Lipinski definition) is 1. The Morgan fingerprint density at radius 1 is 0.550 bits per heavy atom. The molecule has 1 aliphatic rings. The van der Waals surface area contributed by atoms with Crippen molar-refractivity contribution in [1.82, 2.24) is 0 Å². The van der Waals surface area contributed by atoms with Crippen molar-refractivity contribution in [1.29, 1.82) is 0 Å². The van der Waals surface area contributed by atoms with Gasteiger partial charge in [-0.2, -0.15) is 0 Å². The van der Waals surface area contributed by atoms with Crippen LogP contribution in [0.15, 0.2) is 167 Å². The highest BCUT2D eigenvalue weighted by Gasteiger charge is 2.19. The number of ether oxygens (including phenoxy) is 1. The van der Waals surface area contributed by atoms with E-state index in [2.05, 4.69) is 91.9 Å². The van der Waals surface area contributed by atoms with Gasteiger partial charge in [-0.1, -0.05) is 109 Å². The van der Waals surface area contributed by atoms with Gasteiger partial charge in [0.15, 0.2) is 0 Å². The molecule has 1 aliphatic heterocycles. The van der Waals surface area contributed by atoms with Crippen LogP contribution in [0.3, 0.4) is 0 Å². The smallest absolute Gasteiger partial charge is 0.361 e. The van der Waals surface area contributed by atoms with Crippen LogP contribution in [0, 0.1) is 0 Å². The standard InChI is InChI=1S/C38H29O2/c1-28(22-29-24-35(31-14-6-2-7-15-31)39-36(25-29)32-16-8-3-9-17-32)23-30-26-37(33-18-10-4-11-19-33)40-38(27-30)34-20-12-5-13-21-34/h2-27H,1H3/q+1. The van der Waals surface area contributed by atoms with Gasteiger partial charge in [-0.3, -0.25) is 0 Å². The van der Waals surface area contributed by atoms with Gasteiger partial charge < -0.3 is 4.74 Å². The van der Waals surface area contributed by atoms with E-state index in [1.165, 1.54) is 0 Å². The summed E-state index contributed by atoms with van der Waals surface area (Å²) in [7, 11) is 0. The van der Waals surface area contributed by atoms with Crippen LogP contribution in [0.2, 0.25) is 0 Å². The van der Waals surface area contributed by atoms with Gasteiger partial charge in [-0.25, -0.2) is 4.42 Å². The molecule has 1 aromatic heterocycles. The van der Waals surface area contributed by atoms with Crippen LogP contribution in [0.5, 0.6) is 0 Å². The van der Waals surface area contributed by atoms with Crippen molar-refractivity contribution in [2.45, 2.75) is 6.92 Å². The lowest BCUT2D eigenvalue weighted by molar-refractivity contribution is 0.467. The maximum atomic E-state index is 6.37. The van der Waals surface area contributed by atoms with E-state index in [1.54, 1.807) is 0 Å². The van der Waals surface area contributed by atoms with Crippen LogP contribution in [0.1, 0.15) is 23.6 Å². The highest BCUT2D eigenvalue weighted by atomic mass is 16.5. The molecule has 0 amide bonds. The van der Waals surface area contributed by atoms with Crippen LogP contribution < -0.4 is 0 Å². The van der Waals surface area contributed by atoms with Crippen molar-refractivity contribution in [3.05, 3.63) is 180 Å². The van der Waals surface area contributed by atoms with Gasteiger partial charge in [-0.15, -0.1) is 0 Å². The molecule has 0 N–H and O–H groups in total. The summed E-state index contributed by atoms with van der Waals surface area (Å²) in [5.41, 5.74) is 7.44. The third-order valence-electron chi connectivity index (χ3n) is 6.65. The maximum Gasteiger partial charge on any atom is 0.361 e. The van der Waals surface area contributed by atoms with Gasteiger partial charge in [0.25, 0.3) is 0 Å². The molecular formula is C38H29O2+. The molecule has 0 saturated carbocycles.